The fourth-order valence-corrected chi connectivity index (χ4v) is 1.19. The zero-order chi connectivity index (χ0) is 8.97. The molecule has 1 aromatic rings. The molecule has 0 aliphatic heterocycles. The molecule has 64 valence electrons. The van der Waals surface area contributed by atoms with Crippen LogP contribution in [0.5, 0.6) is 5.75 Å². The summed E-state index contributed by atoms with van der Waals surface area (Å²) in [6.45, 7) is 0. The molecule has 0 spiro atoms. The summed E-state index contributed by atoms with van der Waals surface area (Å²) in [6.07, 6.45) is 2.39. The fraction of sp³-hybridized carbons (Fsp3) is 0.250. The monoisotopic (exact) mass is 229 g/mol. The van der Waals surface area contributed by atoms with Gasteiger partial charge in [0.2, 0.25) is 0 Å². The first-order valence-corrected chi connectivity index (χ1v) is 4.29. The van der Waals surface area contributed by atoms with Crippen molar-refractivity contribution in [3.63, 3.8) is 0 Å². The van der Waals surface area contributed by atoms with E-state index in [0.29, 0.717) is 11.4 Å². The first-order chi connectivity index (χ1) is 5.79. The maximum Gasteiger partial charge on any atom is 0.141 e. The second-order valence-corrected chi connectivity index (χ2v) is 3.12. The standard InChI is InChI=1S/C8H8BrNO2/c1-12-7-3-2-4-10-8(7)6(9)5-11/h2-6H,1H3/t6-/m1/s1. The van der Waals surface area contributed by atoms with Gasteiger partial charge < -0.3 is 9.53 Å². The van der Waals surface area contributed by atoms with Crippen LogP contribution in [0.3, 0.4) is 0 Å². The molecule has 12 heavy (non-hydrogen) atoms. The van der Waals surface area contributed by atoms with E-state index in [0.717, 1.165) is 6.29 Å². The summed E-state index contributed by atoms with van der Waals surface area (Å²) >= 11 is 3.17. The molecule has 1 atom stereocenters. The molecule has 0 amide bonds. The van der Waals surface area contributed by atoms with Crippen LogP contribution in [0.1, 0.15) is 10.5 Å². The van der Waals surface area contributed by atoms with Crippen LogP contribution >= 0.6 is 15.9 Å². The van der Waals surface area contributed by atoms with E-state index in [1.54, 1.807) is 25.4 Å². The number of hydrogen-bond donors (Lipinski definition) is 0. The fourth-order valence-electron chi connectivity index (χ4n) is 0.847. The topological polar surface area (TPSA) is 39.2 Å². The van der Waals surface area contributed by atoms with Crippen LogP contribution in [0.4, 0.5) is 0 Å². The first kappa shape index (κ1) is 9.19. The lowest BCUT2D eigenvalue weighted by Crippen LogP contribution is -1.98. The van der Waals surface area contributed by atoms with Crippen molar-refractivity contribution in [2.24, 2.45) is 0 Å². The Kier molecular flexibility index (Phi) is 3.22. The molecule has 1 rings (SSSR count). The van der Waals surface area contributed by atoms with Crippen molar-refractivity contribution >= 4 is 22.2 Å². The van der Waals surface area contributed by atoms with E-state index in [1.807, 2.05) is 0 Å². The van der Waals surface area contributed by atoms with Crippen molar-refractivity contribution in [3.8, 4) is 5.75 Å². The third-order valence-corrected chi connectivity index (χ3v) is 2.05. The number of hydrogen-bond acceptors (Lipinski definition) is 3. The van der Waals surface area contributed by atoms with E-state index < -0.39 is 4.83 Å². The number of alkyl halides is 1. The summed E-state index contributed by atoms with van der Waals surface area (Å²) in [7, 11) is 1.55. The number of carbonyl (C=O) groups is 1. The molecule has 0 fully saturated rings. The number of aldehydes is 1. The van der Waals surface area contributed by atoms with Gasteiger partial charge in [-0.25, -0.2) is 0 Å². The number of pyridine rings is 1. The highest BCUT2D eigenvalue weighted by Gasteiger charge is 2.12. The number of ether oxygens (including phenoxy) is 1. The first-order valence-electron chi connectivity index (χ1n) is 3.38. The highest BCUT2D eigenvalue weighted by atomic mass is 79.9. The molecule has 4 heteroatoms. The Hall–Kier alpha value is -0.900. The highest BCUT2D eigenvalue weighted by Crippen LogP contribution is 2.26. The van der Waals surface area contributed by atoms with Crippen LogP contribution in [-0.4, -0.2) is 18.4 Å². The van der Waals surface area contributed by atoms with Crippen LogP contribution in [0.15, 0.2) is 18.3 Å². The van der Waals surface area contributed by atoms with Gasteiger partial charge in [0.05, 0.1) is 7.11 Å². The van der Waals surface area contributed by atoms with Gasteiger partial charge in [-0.2, -0.15) is 0 Å². The summed E-state index contributed by atoms with van der Waals surface area (Å²) in [5, 5.41) is 0. The quantitative estimate of drug-likeness (QED) is 0.586. The van der Waals surface area contributed by atoms with E-state index in [2.05, 4.69) is 20.9 Å². The predicted octanol–water partition coefficient (Wildman–Crippen LogP) is 1.73. The molecule has 0 radical (unpaired) electrons. The van der Waals surface area contributed by atoms with Gasteiger partial charge in [0, 0.05) is 6.20 Å². The predicted molar refractivity (Wildman–Crippen MR) is 48.5 cm³/mol. The lowest BCUT2D eigenvalue weighted by Gasteiger charge is -2.06. The highest BCUT2D eigenvalue weighted by molar-refractivity contribution is 9.09. The maximum atomic E-state index is 10.4. The minimum absolute atomic E-state index is 0.395. The molecule has 0 aromatic carbocycles. The zero-order valence-corrected chi connectivity index (χ0v) is 8.11. The van der Waals surface area contributed by atoms with Crippen molar-refractivity contribution in [1.82, 2.24) is 4.98 Å². The smallest absolute Gasteiger partial charge is 0.141 e. The average Bonchev–Trinajstić information content (AvgIpc) is 2.16. The van der Waals surface area contributed by atoms with Crippen LogP contribution < -0.4 is 4.74 Å². The van der Waals surface area contributed by atoms with Gasteiger partial charge in [0.1, 0.15) is 22.6 Å². The molecule has 0 bridgehead atoms. The third kappa shape index (κ3) is 1.82. The average molecular weight is 230 g/mol. The Morgan fingerprint density at radius 3 is 3.08 bits per heavy atom. The third-order valence-electron chi connectivity index (χ3n) is 1.40. The van der Waals surface area contributed by atoms with Gasteiger partial charge in [-0.15, -0.1) is 0 Å². The van der Waals surface area contributed by atoms with Crippen molar-refractivity contribution in [3.05, 3.63) is 24.0 Å². The number of methoxy groups -OCH3 is 1. The zero-order valence-electron chi connectivity index (χ0n) is 6.53. The SMILES string of the molecule is COc1cccnc1[C@H](Br)C=O. The second-order valence-electron chi connectivity index (χ2n) is 2.13. The number of aromatic nitrogens is 1. The molecule has 0 saturated carbocycles. The second kappa shape index (κ2) is 4.21. The van der Waals surface area contributed by atoms with Gasteiger partial charge >= 0.3 is 0 Å². The molecule has 3 nitrogen and oxygen atoms in total. The Morgan fingerprint density at radius 2 is 2.50 bits per heavy atom. The van der Waals surface area contributed by atoms with Gasteiger partial charge in [-0.1, -0.05) is 15.9 Å². The lowest BCUT2D eigenvalue weighted by atomic mass is 10.2. The summed E-state index contributed by atoms with van der Waals surface area (Å²) in [5.74, 6) is 0.617. The van der Waals surface area contributed by atoms with Crippen LogP contribution in [0.2, 0.25) is 0 Å². The number of carbonyl (C=O) groups excluding carboxylic acids is 1. The van der Waals surface area contributed by atoms with Gasteiger partial charge in [0.15, 0.2) is 0 Å². The molecule has 0 unspecified atom stereocenters. The Bertz CT molecular complexity index is 278. The molecule has 0 aliphatic carbocycles. The van der Waals surface area contributed by atoms with Crippen LogP contribution in [0.25, 0.3) is 0 Å². The summed E-state index contributed by atoms with van der Waals surface area (Å²) in [6, 6.07) is 3.52. The summed E-state index contributed by atoms with van der Waals surface area (Å²) < 4.78 is 5.02. The number of halogens is 1. The molecule has 1 heterocycles. The van der Waals surface area contributed by atoms with E-state index in [-0.39, 0.29) is 0 Å². The van der Waals surface area contributed by atoms with E-state index in [9.17, 15) is 4.79 Å². The molecular formula is C8H8BrNO2. The number of rotatable bonds is 3. The molecule has 0 aliphatic rings. The Labute approximate surface area is 78.9 Å². The molecular weight excluding hydrogens is 222 g/mol. The summed E-state index contributed by atoms with van der Waals surface area (Å²) in [5.41, 5.74) is 0.606. The number of nitrogens with zero attached hydrogens (tertiary/aromatic N) is 1. The van der Waals surface area contributed by atoms with Crippen molar-refractivity contribution in [2.45, 2.75) is 4.83 Å². The van der Waals surface area contributed by atoms with Crippen molar-refractivity contribution in [2.75, 3.05) is 7.11 Å². The Morgan fingerprint density at radius 1 is 1.75 bits per heavy atom. The largest absolute Gasteiger partial charge is 0.495 e. The van der Waals surface area contributed by atoms with Crippen LogP contribution in [-0.2, 0) is 4.79 Å². The molecule has 0 saturated heterocycles. The van der Waals surface area contributed by atoms with Gasteiger partial charge in [-0.3, -0.25) is 4.98 Å². The minimum Gasteiger partial charge on any atom is -0.495 e. The van der Waals surface area contributed by atoms with Gasteiger partial charge in [0.25, 0.3) is 0 Å². The Balaban J connectivity index is 3.04. The maximum absolute atomic E-state index is 10.4. The van der Waals surface area contributed by atoms with E-state index in [1.165, 1.54) is 0 Å². The summed E-state index contributed by atoms with van der Waals surface area (Å²) in [4.78, 5) is 14.1. The van der Waals surface area contributed by atoms with Crippen molar-refractivity contribution < 1.29 is 9.53 Å². The lowest BCUT2D eigenvalue weighted by molar-refractivity contribution is -0.107. The minimum atomic E-state index is -0.395. The van der Waals surface area contributed by atoms with E-state index >= 15 is 0 Å². The molecule has 0 N–H and O–H groups in total. The molecule has 1 aromatic heterocycles. The van der Waals surface area contributed by atoms with Crippen molar-refractivity contribution in [1.29, 1.82) is 0 Å². The van der Waals surface area contributed by atoms with E-state index in [4.69, 9.17) is 4.74 Å². The van der Waals surface area contributed by atoms with Crippen LogP contribution in [0, 0.1) is 0 Å². The normalized spacial score (nSPS) is 12.2. The van der Waals surface area contributed by atoms with Gasteiger partial charge in [-0.05, 0) is 12.1 Å².